The number of hydrogen-bond donors (Lipinski definition) is 2. The van der Waals surface area contributed by atoms with Crippen molar-refractivity contribution in [2.45, 2.75) is 58.2 Å². The van der Waals surface area contributed by atoms with Crippen LogP contribution in [-0.4, -0.2) is 47.8 Å². The van der Waals surface area contributed by atoms with Crippen molar-refractivity contribution in [1.29, 1.82) is 0 Å². The van der Waals surface area contributed by atoms with Gasteiger partial charge in [-0.1, -0.05) is 20.8 Å². The van der Waals surface area contributed by atoms with Crippen LogP contribution in [0.2, 0.25) is 0 Å². The molecule has 2 atom stereocenters. The lowest BCUT2D eigenvalue weighted by Gasteiger charge is -2.51. The number of hydrogen-bond acceptors (Lipinski definition) is 3. The number of nitrogens with one attached hydrogen (secondary N) is 1. The molecule has 1 aliphatic heterocycles. The molecule has 0 radical (unpaired) electrons. The molecule has 2 rings (SSSR count). The van der Waals surface area contributed by atoms with Crippen molar-refractivity contribution in [3.05, 3.63) is 0 Å². The second kappa shape index (κ2) is 4.63. The maximum absolute atomic E-state index is 9.71. The molecule has 16 heavy (non-hydrogen) atoms. The second-order valence-corrected chi connectivity index (χ2v) is 6.00. The first-order valence-corrected chi connectivity index (χ1v) is 6.70. The van der Waals surface area contributed by atoms with E-state index < -0.39 is 0 Å². The lowest BCUT2D eigenvalue weighted by atomic mass is 9.64. The molecule has 0 aromatic carbocycles. The van der Waals surface area contributed by atoms with Crippen LogP contribution >= 0.6 is 0 Å². The first-order chi connectivity index (χ1) is 7.54. The Morgan fingerprint density at radius 1 is 1.31 bits per heavy atom. The van der Waals surface area contributed by atoms with Gasteiger partial charge in [0.05, 0.1) is 6.10 Å². The molecule has 0 bridgehead atoms. The van der Waals surface area contributed by atoms with E-state index in [1.807, 2.05) is 0 Å². The van der Waals surface area contributed by atoms with Gasteiger partial charge in [-0.05, 0) is 38.9 Å². The van der Waals surface area contributed by atoms with E-state index in [4.69, 9.17) is 0 Å². The van der Waals surface area contributed by atoms with Gasteiger partial charge in [0.25, 0.3) is 0 Å². The van der Waals surface area contributed by atoms with Crippen LogP contribution in [0.3, 0.4) is 0 Å². The van der Waals surface area contributed by atoms with Gasteiger partial charge >= 0.3 is 0 Å². The van der Waals surface area contributed by atoms with Gasteiger partial charge in [-0.25, -0.2) is 0 Å². The van der Waals surface area contributed by atoms with E-state index in [0.717, 1.165) is 6.42 Å². The van der Waals surface area contributed by atoms with E-state index in [2.05, 4.69) is 31.0 Å². The quantitative estimate of drug-likeness (QED) is 0.759. The molecule has 0 spiro atoms. The van der Waals surface area contributed by atoms with E-state index in [1.165, 1.54) is 32.5 Å². The zero-order valence-corrected chi connectivity index (χ0v) is 10.9. The first-order valence-electron chi connectivity index (χ1n) is 6.70. The average molecular weight is 226 g/mol. The van der Waals surface area contributed by atoms with Gasteiger partial charge in [0, 0.05) is 17.5 Å². The van der Waals surface area contributed by atoms with Gasteiger partial charge in [0.15, 0.2) is 0 Å². The Kier molecular flexibility index (Phi) is 3.57. The summed E-state index contributed by atoms with van der Waals surface area (Å²) in [5.41, 5.74) is 0.0713. The highest BCUT2D eigenvalue weighted by Crippen LogP contribution is 2.40. The predicted molar refractivity (Wildman–Crippen MR) is 66.5 cm³/mol. The van der Waals surface area contributed by atoms with Crippen LogP contribution in [0.15, 0.2) is 0 Å². The summed E-state index contributed by atoms with van der Waals surface area (Å²) in [7, 11) is 0. The molecule has 94 valence electrons. The van der Waals surface area contributed by atoms with E-state index >= 15 is 0 Å². The highest BCUT2D eigenvalue weighted by atomic mass is 16.3. The van der Waals surface area contributed by atoms with E-state index in [0.29, 0.717) is 12.1 Å². The number of likely N-dealkylation sites (tertiary alicyclic amines) is 1. The van der Waals surface area contributed by atoms with Gasteiger partial charge in [-0.3, -0.25) is 0 Å². The Hall–Kier alpha value is -0.120. The molecule has 1 saturated heterocycles. The molecule has 3 heteroatoms. The second-order valence-electron chi connectivity index (χ2n) is 6.00. The monoisotopic (exact) mass is 226 g/mol. The van der Waals surface area contributed by atoms with Crippen molar-refractivity contribution in [1.82, 2.24) is 10.2 Å². The third-order valence-corrected chi connectivity index (χ3v) is 4.69. The average Bonchev–Trinajstić information content (AvgIpc) is 2.29. The minimum Gasteiger partial charge on any atom is -0.392 e. The number of nitrogens with zero attached hydrogens (tertiary/aromatic N) is 1. The zero-order valence-electron chi connectivity index (χ0n) is 10.9. The SMILES string of the molecule is CCN1CCC(NC2CC(O)C2(C)C)CC1. The van der Waals surface area contributed by atoms with Crippen LogP contribution in [0.4, 0.5) is 0 Å². The molecule has 0 aromatic rings. The minimum absolute atomic E-state index is 0.0713. The fourth-order valence-corrected chi connectivity index (χ4v) is 2.89. The Balaban J connectivity index is 1.76. The van der Waals surface area contributed by atoms with E-state index in [-0.39, 0.29) is 11.5 Å². The van der Waals surface area contributed by atoms with Crippen molar-refractivity contribution in [3.63, 3.8) is 0 Å². The van der Waals surface area contributed by atoms with Crippen molar-refractivity contribution in [2.75, 3.05) is 19.6 Å². The van der Waals surface area contributed by atoms with Crippen LogP contribution in [0, 0.1) is 5.41 Å². The number of aliphatic hydroxyl groups is 1. The predicted octanol–water partition coefficient (Wildman–Crippen LogP) is 1.22. The Morgan fingerprint density at radius 2 is 1.94 bits per heavy atom. The van der Waals surface area contributed by atoms with Crippen molar-refractivity contribution in [3.8, 4) is 0 Å². The van der Waals surface area contributed by atoms with Crippen molar-refractivity contribution < 1.29 is 5.11 Å². The van der Waals surface area contributed by atoms with Crippen LogP contribution in [0.5, 0.6) is 0 Å². The van der Waals surface area contributed by atoms with E-state index in [9.17, 15) is 5.11 Å². The normalized spacial score (nSPS) is 36.0. The van der Waals surface area contributed by atoms with Gasteiger partial charge in [0.1, 0.15) is 0 Å². The molecule has 1 heterocycles. The molecule has 1 saturated carbocycles. The van der Waals surface area contributed by atoms with Crippen molar-refractivity contribution >= 4 is 0 Å². The lowest BCUT2D eigenvalue weighted by Crippen LogP contribution is -2.62. The van der Waals surface area contributed by atoms with Crippen LogP contribution in [0.25, 0.3) is 0 Å². The molecule has 2 aliphatic rings. The zero-order chi connectivity index (χ0) is 11.8. The Bertz CT molecular complexity index is 234. The molecule has 2 N–H and O–H groups in total. The summed E-state index contributed by atoms with van der Waals surface area (Å²) >= 11 is 0. The van der Waals surface area contributed by atoms with Crippen LogP contribution < -0.4 is 5.32 Å². The highest BCUT2D eigenvalue weighted by molar-refractivity contribution is 5.03. The smallest absolute Gasteiger partial charge is 0.0621 e. The number of piperidine rings is 1. The first kappa shape index (κ1) is 12.3. The summed E-state index contributed by atoms with van der Waals surface area (Å²) < 4.78 is 0. The molecule has 0 amide bonds. The molecule has 2 unspecified atom stereocenters. The summed E-state index contributed by atoms with van der Waals surface area (Å²) in [4.78, 5) is 2.51. The maximum Gasteiger partial charge on any atom is 0.0621 e. The summed E-state index contributed by atoms with van der Waals surface area (Å²) in [6.45, 7) is 10.2. The molecule has 1 aliphatic carbocycles. The fourth-order valence-electron chi connectivity index (χ4n) is 2.89. The summed E-state index contributed by atoms with van der Waals surface area (Å²) in [6.07, 6.45) is 3.34. The third kappa shape index (κ3) is 2.27. The largest absolute Gasteiger partial charge is 0.392 e. The molecule has 2 fully saturated rings. The minimum atomic E-state index is -0.110. The van der Waals surface area contributed by atoms with E-state index in [1.54, 1.807) is 0 Å². The summed E-state index contributed by atoms with van der Waals surface area (Å²) in [5, 5.41) is 13.4. The van der Waals surface area contributed by atoms with Gasteiger partial charge < -0.3 is 15.3 Å². The highest BCUT2D eigenvalue weighted by Gasteiger charge is 2.47. The third-order valence-electron chi connectivity index (χ3n) is 4.69. The van der Waals surface area contributed by atoms with Gasteiger partial charge in [0.2, 0.25) is 0 Å². The fraction of sp³-hybridized carbons (Fsp3) is 1.00. The maximum atomic E-state index is 9.71. The number of rotatable bonds is 3. The summed E-state index contributed by atoms with van der Waals surface area (Å²) in [6, 6.07) is 1.18. The topological polar surface area (TPSA) is 35.5 Å². The van der Waals surface area contributed by atoms with Crippen molar-refractivity contribution in [2.24, 2.45) is 5.41 Å². The lowest BCUT2D eigenvalue weighted by molar-refractivity contribution is -0.0777. The van der Waals surface area contributed by atoms with Gasteiger partial charge in [-0.15, -0.1) is 0 Å². The summed E-state index contributed by atoms with van der Waals surface area (Å²) in [5.74, 6) is 0. The Labute approximate surface area is 99.2 Å². The molecular weight excluding hydrogens is 200 g/mol. The standard InChI is InChI=1S/C13H26N2O/c1-4-15-7-5-10(6-8-15)14-11-9-12(16)13(11,2)3/h10-12,14,16H,4-9H2,1-3H3. The molecular formula is C13H26N2O. The van der Waals surface area contributed by atoms with Crippen LogP contribution in [-0.2, 0) is 0 Å². The number of aliphatic hydroxyl groups excluding tert-OH is 1. The van der Waals surface area contributed by atoms with Crippen LogP contribution in [0.1, 0.15) is 40.0 Å². The molecule has 3 nitrogen and oxygen atoms in total. The van der Waals surface area contributed by atoms with Gasteiger partial charge in [-0.2, -0.15) is 0 Å². The molecule has 0 aromatic heterocycles. The Morgan fingerprint density at radius 3 is 2.38 bits per heavy atom.